The number of hydrogen-bond donors (Lipinski definition) is 1. The number of hydrogen-bond acceptors (Lipinski definition) is 3. The lowest BCUT2D eigenvalue weighted by atomic mass is 10.1. The number of halogens is 1. The van der Waals surface area contributed by atoms with Crippen molar-refractivity contribution in [2.75, 3.05) is 6.61 Å². The lowest BCUT2D eigenvalue weighted by Gasteiger charge is -2.17. The molecule has 0 aliphatic heterocycles. The Morgan fingerprint density at radius 1 is 1.04 bits per heavy atom. The van der Waals surface area contributed by atoms with Gasteiger partial charge in [-0.25, -0.2) is 0 Å². The van der Waals surface area contributed by atoms with Crippen molar-refractivity contribution in [3.63, 3.8) is 0 Å². The van der Waals surface area contributed by atoms with Crippen LogP contribution in [0.1, 0.15) is 43.9 Å². The van der Waals surface area contributed by atoms with E-state index >= 15 is 0 Å². The van der Waals surface area contributed by atoms with Crippen molar-refractivity contribution in [2.24, 2.45) is 0 Å². The number of nitrogens with one attached hydrogen (secondary N) is 1. The summed E-state index contributed by atoms with van der Waals surface area (Å²) < 4.78 is 11.7. The largest absolute Gasteiger partial charge is 0.490 e. The minimum atomic E-state index is 0.463. The van der Waals surface area contributed by atoms with Crippen molar-refractivity contribution >= 4 is 11.6 Å². The molecule has 136 valence electrons. The standard InChI is InChI=1S/C21H28ClNO2/c1-5-16(4)23-13-18-11-19(22)21(20(12-18)24-6-2)25-14-17-9-7-15(3)8-10-17/h7-12,16,23H,5-6,13-14H2,1-4H3/t16-/m1/s1. The molecule has 4 heteroatoms. The summed E-state index contributed by atoms with van der Waals surface area (Å²) in [6.07, 6.45) is 1.09. The summed E-state index contributed by atoms with van der Waals surface area (Å²) in [5.74, 6) is 1.31. The summed E-state index contributed by atoms with van der Waals surface area (Å²) in [4.78, 5) is 0. The van der Waals surface area contributed by atoms with Crippen molar-refractivity contribution in [2.45, 2.75) is 53.3 Å². The number of benzene rings is 2. The molecule has 0 aromatic heterocycles. The molecule has 0 radical (unpaired) electrons. The molecular weight excluding hydrogens is 334 g/mol. The Morgan fingerprint density at radius 3 is 2.40 bits per heavy atom. The maximum atomic E-state index is 6.48. The van der Waals surface area contributed by atoms with Crippen molar-refractivity contribution in [3.8, 4) is 11.5 Å². The van der Waals surface area contributed by atoms with E-state index in [9.17, 15) is 0 Å². The summed E-state index contributed by atoms with van der Waals surface area (Å²) in [6.45, 7) is 10.2. The average Bonchev–Trinajstić information content (AvgIpc) is 2.60. The van der Waals surface area contributed by atoms with Gasteiger partial charge in [0.15, 0.2) is 11.5 Å². The van der Waals surface area contributed by atoms with E-state index in [0.29, 0.717) is 35.8 Å². The first kappa shape index (κ1) is 19.6. The van der Waals surface area contributed by atoms with E-state index < -0.39 is 0 Å². The van der Waals surface area contributed by atoms with Crippen LogP contribution in [0.15, 0.2) is 36.4 Å². The minimum absolute atomic E-state index is 0.463. The predicted molar refractivity (Wildman–Crippen MR) is 105 cm³/mol. The monoisotopic (exact) mass is 361 g/mol. The normalized spacial score (nSPS) is 12.0. The Bertz CT molecular complexity index is 670. The molecule has 0 unspecified atom stereocenters. The third-order valence-corrected chi connectivity index (χ3v) is 4.42. The van der Waals surface area contributed by atoms with E-state index in [2.05, 4.69) is 50.4 Å². The van der Waals surface area contributed by atoms with Crippen LogP contribution in [0.3, 0.4) is 0 Å². The van der Waals surface area contributed by atoms with Crippen LogP contribution in [0.4, 0.5) is 0 Å². The summed E-state index contributed by atoms with van der Waals surface area (Å²) >= 11 is 6.48. The number of ether oxygens (including phenoxy) is 2. The molecule has 0 saturated heterocycles. The first-order chi connectivity index (χ1) is 12.0. The molecule has 1 atom stereocenters. The second-order valence-electron chi connectivity index (χ2n) is 6.30. The van der Waals surface area contributed by atoms with Crippen LogP contribution in [0.25, 0.3) is 0 Å². The Labute approximate surface area is 156 Å². The molecule has 2 rings (SSSR count). The molecule has 0 amide bonds. The fraction of sp³-hybridized carbons (Fsp3) is 0.429. The average molecular weight is 362 g/mol. The maximum absolute atomic E-state index is 6.48. The zero-order chi connectivity index (χ0) is 18.2. The highest BCUT2D eigenvalue weighted by atomic mass is 35.5. The van der Waals surface area contributed by atoms with Crippen molar-refractivity contribution in [3.05, 3.63) is 58.1 Å². The van der Waals surface area contributed by atoms with Gasteiger partial charge in [-0.1, -0.05) is 48.4 Å². The van der Waals surface area contributed by atoms with Crippen molar-refractivity contribution in [1.29, 1.82) is 0 Å². The number of aryl methyl sites for hydroxylation is 1. The highest BCUT2D eigenvalue weighted by Crippen LogP contribution is 2.37. The summed E-state index contributed by atoms with van der Waals surface area (Å²) in [5.41, 5.74) is 3.43. The lowest BCUT2D eigenvalue weighted by molar-refractivity contribution is 0.269. The van der Waals surface area contributed by atoms with Crippen LogP contribution in [-0.4, -0.2) is 12.6 Å². The predicted octanol–water partition coefficient (Wildman–Crippen LogP) is 5.51. The van der Waals surface area contributed by atoms with Gasteiger partial charge >= 0.3 is 0 Å². The molecule has 0 saturated carbocycles. The molecule has 0 bridgehead atoms. The fourth-order valence-electron chi connectivity index (χ4n) is 2.40. The summed E-state index contributed by atoms with van der Waals surface area (Å²) in [5, 5.41) is 4.06. The molecule has 3 nitrogen and oxygen atoms in total. The first-order valence-corrected chi connectivity index (χ1v) is 9.28. The third kappa shape index (κ3) is 5.94. The summed E-state index contributed by atoms with van der Waals surface area (Å²) in [6, 6.07) is 12.7. The van der Waals surface area contributed by atoms with Crippen LogP contribution in [0.5, 0.6) is 11.5 Å². The van der Waals surface area contributed by atoms with Gasteiger partial charge in [-0.3, -0.25) is 0 Å². The zero-order valence-electron chi connectivity index (χ0n) is 15.6. The van der Waals surface area contributed by atoms with E-state index in [0.717, 1.165) is 24.1 Å². The van der Waals surface area contributed by atoms with Gasteiger partial charge in [0, 0.05) is 12.6 Å². The molecular formula is C21H28ClNO2. The molecule has 0 aliphatic carbocycles. The van der Waals surface area contributed by atoms with E-state index in [1.807, 2.05) is 19.1 Å². The molecule has 0 spiro atoms. The minimum Gasteiger partial charge on any atom is -0.490 e. The highest BCUT2D eigenvalue weighted by molar-refractivity contribution is 6.32. The highest BCUT2D eigenvalue weighted by Gasteiger charge is 2.13. The second-order valence-corrected chi connectivity index (χ2v) is 6.71. The van der Waals surface area contributed by atoms with Gasteiger partial charge in [-0.2, -0.15) is 0 Å². The van der Waals surface area contributed by atoms with Gasteiger partial charge < -0.3 is 14.8 Å². The van der Waals surface area contributed by atoms with Gasteiger partial charge in [0.25, 0.3) is 0 Å². The number of rotatable bonds is 9. The Kier molecular flexibility index (Phi) is 7.60. The first-order valence-electron chi connectivity index (χ1n) is 8.90. The summed E-state index contributed by atoms with van der Waals surface area (Å²) in [7, 11) is 0. The van der Waals surface area contributed by atoms with Crippen molar-refractivity contribution in [1.82, 2.24) is 5.32 Å². The van der Waals surface area contributed by atoms with E-state index in [1.165, 1.54) is 5.56 Å². The van der Waals surface area contributed by atoms with E-state index in [1.54, 1.807) is 0 Å². The molecule has 25 heavy (non-hydrogen) atoms. The van der Waals surface area contributed by atoms with Gasteiger partial charge in [0.05, 0.1) is 11.6 Å². The second kappa shape index (κ2) is 9.69. The maximum Gasteiger partial charge on any atom is 0.180 e. The molecule has 2 aromatic carbocycles. The van der Waals surface area contributed by atoms with Gasteiger partial charge in [0.2, 0.25) is 0 Å². The molecule has 2 aromatic rings. The Balaban J connectivity index is 2.13. The van der Waals surface area contributed by atoms with E-state index in [4.69, 9.17) is 21.1 Å². The topological polar surface area (TPSA) is 30.5 Å². The zero-order valence-corrected chi connectivity index (χ0v) is 16.3. The van der Waals surface area contributed by atoms with Crippen LogP contribution < -0.4 is 14.8 Å². The SMILES string of the molecule is CCOc1cc(CN[C@H](C)CC)cc(Cl)c1OCc1ccc(C)cc1. The van der Waals surface area contributed by atoms with Crippen molar-refractivity contribution < 1.29 is 9.47 Å². The quantitative estimate of drug-likeness (QED) is 0.638. The van der Waals surface area contributed by atoms with Crippen LogP contribution in [0, 0.1) is 6.92 Å². The van der Waals surface area contributed by atoms with Crippen LogP contribution in [0.2, 0.25) is 5.02 Å². The van der Waals surface area contributed by atoms with Gasteiger partial charge in [0.1, 0.15) is 6.61 Å². The molecule has 0 heterocycles. The van der Waals surface area contributed by atoms with Crippen LogP contribution in [-0.2, 0) is 13.2 Å². The van der Waals surface area contributed by atoms with Crippen LogP contribution >= 0.6 is 11.6 Å². The molecule has 0 aliphatic rings. The molecule has 1 N–H and O–H groups in total. The Hall–Kier alpha value is -1.71. The fourth-order valence-corrected chi connectivity index (χ4v) is 2.69. The smallest absolute Gasteiger partial charge is 0.180 e. The van der Waals surface area contributed by atoms with E-state index in [-0.39, 0.29) is 0 Å². The lowest BCUT2D eigenvalue weighted by Crippen LogP contribution is -2.24. The third-order valence-electron chi connectivity index (χ3n) is 4.14. The molecule has 0 fully saturated rings. The Morgan fingerprint density at radius 2 is 1.76 bits per heavy atom. The van der Waals surface area contributed by atoms with Gasteiger partial charge in [-0.15, -0.1) is 0 Å². The van der Waals surface area contributed by atoms with Gasteiger partial charge in [-0.05, 0) is 50.5 Å².